The van der Waals surface area contributed by atoms with Crippen LogP contribution in [0.25, 0.3) is 20.5 Å². The molecule has 0 unspecified atom stereocenters. The maximum absolute atomic E-state index is 14.2. The highest BCUT2D eigenvalue weighted by Crippen LogP contribution is 2.42. The van der Waals surface area contributed by atoms with Crippen molar-refractivity contribution in [3.63, 3.8) is 0 Å². The molecule has 0 radical (unpaired) electrons. The molecular weight excluding hydrogens is 695 g/mol. The zero-order valence-electron chi connectivity index (χ0n) is 28.9. The number of ketones is 1. The van der Waals surface area contributed by atoms with Crippen LogP contribution in [0.15, 0.2) is 66.7 Å². The number of nitrogens with zero attached hydrogens (tertiary/aromatic N) is 1. The van der Waals surface area contributed by atoms with Crippen LogP contribution in [-0.2, 0) is 20.2 Å². The molecule has 0 amide bonds. The van der Waals surface area contributed by atoms with Gasteiger partial charge in [0.15, 0.2) is 5.78 Å². The zero-order chi connectivity index (χ0) is 35.6. The van der Waals surface area contributed by atoms with E-state index in [0.29, 0.717) is 56.9 Å². The standard InChI is InChI=1S/C38H47NO8S3/c1-3-5-10-26-49(41,42)46-32-18-14-30(15-19-32)38-36(34-21-20-33(28-35(34)48-38)47-50(43,44)27-11-6-4-2)37(40)29-12-16-31(17-13-29)45-25-24-39-22-8-7-9-23-39/h12-21,28H,3-11,22-27H2,1-2H3. The number of fused-ring (bicyclic) bond motifs is 1. The summed E-state index contributed by atoms with van der Waals surface area (Å²) < 4.78 is 67.7. The third-order valence-corrected chi connectivity index (χ3v) is 12.4. The van der Waals surface area contributed by atoms with Gasteiger partial charge in [-0.15, -0.1) is 11.3 Å². The van der Waals surface area contributed by atoms with Gasteiger partial charge in [0, 0.05) is 32.6 Å². The lowest BCUT2D eigenvalue weighted by molar-refractivity contribution is 0.104. The number of unbranched alkanes of at least 4 members (excludes halogenated alkanes) is 4. The van der Waals surface area contributed by atoms with Gasteiger partial charge in [-0.25, -0.2) is 0 Å². The molecule has 4 aromatic rings. The molecule has 50 heavy (non-hydrogen) atoms. The van der Waals surface area contributed by atoms with Gasteiger partial charge in [0.2, 0.25) is 0 Å². The first-order chi connectivity index (χ1) is 24.1. The van der Waals surface area contributed by atoms with E-state index in [4.69, 9.17) is 13.1 Å². The van der Waals surface area contributed by atoms with Gasteiger partial charge < -0.3 is 13.1 Å². The fourth-order valence-corrected chi connectivity index (χ4v) is 9.29. The van der Waals surface area contributed by atoms with E-state index in [0.717, 1.165) is 45.3 Å². The summed E-state index contributed by atoms with van der Waals surface area (Å²) in [6.45, 7) is 7.65. The Labute approximate surface area is 300 Å². The molecule has 1 aromatic heterocycles. The maximum atomic E-state index is 14.2. The molecule has 5 rings (SSSR count). The number of carbonyl (C=O) groups is 1. The Balaban J connectivity index is 1.41. The smallest absolute Gasteiger partial charge is 0.309 e. The highest BCUT2D eigenvalue weighted by atomic mass is 32.2. The number of hydrogen-bond acceptors (Lipinski definition) is 10. The van der Waals surface area contributed by atoms with Crippen LogP contribution in [0.5, 0.6) is 17.2 Å². The average molecular weight is 742 g/mol. The van der Waals surface area contributed by atoms with Crippen molar-refractivity contribution >= 4 is 47.4 Å². The summed E-state index contributed by atoms with van der Waals surface area (Å²) >= 11 is 1.34. The molecule has 0 spiro atoms. The summed E-state index contributed by atoms with van der Waals surface area (Å²) in [5.74, 6) is 0.738. The Morgan fingerprint density at radius 3 is 1.92 bits per heavy atom. The van der Waals surface area contributed by atoms with Crippen LogP contribution in [0.1, 0.15) is 87.6 Å². The highest BCUT2D eigenvalue weighted by Gasteiger charge is 2.24. The predicted octanol–water partition coefficient (Wildman–Crippen LogP) is 8.46. The van der Waals surface area contributed by atoms with Gasteiger partial charge in [0.05, 0.1) is 11.5 Å². The second-order valence-corrected chi connectivity index (χ2v) is 17.1. The fourth-order valence-electron chi connectivity index (χ4n) is 5.98. The van der Waals surface area contributed by atoms with E-state index >= 15 is 0 Å². The van der Waals surface area contributed by atoms with E-state index in [9.17, 15) is 21.6 Å². The number of ether oxygens (including phenoxy) is 1. The summed E-state index contributed by atoms with van der Waals surface area (Å²) in [6.07, 6.45) is 8.17. The Morgan fingerprint density at radius 1 is 0.720 bits per heavy atom. The molecule has 0 aliphatic carbocycles. The minimum atomic E-state index is -3.78. The van der Waals surface area contributed by atoms with E-state index in [-0.39, 0.29) is 28.8 Å². The molecule has 12 heteroatoms. The van der Waals surface area contributed by atoms with Crippen molar-refractivity contribution in [2.24, 2.45) is 0 Å². The third-order valence-electron chi connectivity index (χ3n) is 8.69. The number of hydrogen-bond donors (Lipinski definition) is 0. The van der Waals surface area contributed by atoms with E-state index in [1.165, 1.54) is 30.6 Å². The van der Waals surface area contributed by atoms with Gasteiger partial charge in [-0.05, 0) is 111 Å². The third kappa shape index (κ3) is 10.5. The molecule has 1 aliphatic heterocycles. The number of piperidine rings is 1. The molecule has 1 fully saturated rings. The largest absolute Gasteiger partial charge is 0.492 e. The number of likely N-dealkylation sites (tertiary alicyclic amines) is 1. The van der Waals surface area contributed by atoms with Gasteiger partial charge in [-0.2, -0.15) is 16.8 Å². The SMILES string of the molecule is CCCCCS(=O)(=O)Oc1ccc(-c2sc3cc(OS(=O)(=O)CCCCC)ccc3c2C(=O)c2ccc(OCCN3CCCCC3)cc2)cc1. The van der Waals surface area contributed by atoms with Crippen LogP contribution in [0.2, 0.25) is 0 Å². The Morgan fingerprint density at radius 2 is 1.30 bits per heavy atom. The van der Waals surface area contributed by atoms with Gasteiger partial charge in [0.1, 0.15) is 23.9 Å². The van der Waals surface area contributed by atoms with E-state index < -0.39 is 20.2 Å². The van der Waals surface area contributed by atoms with Gasteiger partial charge in [0.25, 0.3) is 0 Å². The quantitative estimate of drug-likeness (QED) is 0.0530. The van der Waals surface area contributed by atoms with Crippen LogP contribution >= 0.6 is 11.3 Å². The van der Waals surface area contributed by atoms with E-state index in [1.54, 1.807) is 66.7 Å². The predicted molar refractivity (Wildman–Crippen MR) is 201 cm³/mol. The fraction of sp³-hybridized carbons (Fsp3) is 0.447. The normalized spacial score (nSPS) is 14.1. The molecule has 0 bridgehead atoms. The molecule has 1 saturated heterocycles. The maximum Gasteiger partial charge on any atom is 0.309 e. The minimum Gasteiger partial charge on any atom is -0.492 e. The van der Waals surface area contributed by atoms with Crippen molar-refractivity contribution in [1.82, 2.24) is 4.90 Å². The summed E-state index contributed by atoms with van der Waals surface area (Å²) in [6, 6.07) is 18.7. The van der Waals surface area contributed by atoms with Crippen LogP contribution in [0.3, 0.4) is 0 Å². The van der Waals surface area contributed by atoms with Crippen LogP contribution in [0, 0.1) is 0 Å². The number of benzene rings is 3. The first-order valence-electron chi connectivity index (χ1n) is 17.6. The second kappa shape index (κ2) is 17.7. The van der Waals surface area contributed by atoms with Crippen molar-refractivity contribution < 1.29 is 34.7 Å². The number of rotatable bonds is 19. The summed E-state index contributed by atoms with van der Waals surface area (Å²) in [7, 11) is -7.51. The van der Waals surface area contributed by atoms with Crippen molar-refractivity contribution in [2.45, 2.75) is 71.6 Å². The van der Waals surface area contributed by atoms with Crippen molar-refractivity contribution in [1.29, 1.82) is 0 Å². The van der Waals surface area contributed by atoms with Gasteiger partial charge >= 0.3 is 20.2 Å². The molecule has 270 valence electrons. The lowest BCUT2D eigenvalue weighted by Gasteiger charge is -2.26. The number of carbonyl (C=O) groups excluding carboxylic acids is 1. The Bertz CT molecular complexity index is 1930. The van der Waals surface area contributed by atoms with Crippen molar-refractivity contribution in [2.75, 3.05) is 37.7 Å². The minimum absolute atomic E-state index is 0.0570. The van der Waals surface area contributed by atoms with Crippen molar-refractivity contribution in [3.05, 3.63) is 77.9 Å². The molecular formula is C38H47NO8S3. The molecule has 1 aliphatic rings. The van der Waals surface area contributed by atoms with E-state index in [2.05, 4.69) is 4.90 Å². The number of thiophene rings is 1. The molecule has 2 heterocycles. The van der Waals surface area contributed by atoms with E-state index in [1.807, 2.05) is 13.8 Å². The molecule has 0 saturated carbocycles. The molecule has 0 N–H and O–H groups in total. The van der Waals surface area contributed by atoms with Gasteiger partial charge in [-0.1, -0.05) is 46.0 Å². The summed E-state index contributed by atoms with van der Waals surface area (Å²) in [5, 5.41) is 0.659. The van der Waals surface area contributed by atoms with Crippen LogP contribution < -0.4 is 13.1 Å². The second-order valence-electron chi connectivity index (χ2n) is 12.7. The molecule has 3 aromatic carbocycles. The topological polar surface area (TPSA) is 116 Å². The lowest BCUT2D eigenvalue weighted by atomic mass is 9.97. The average Bonchev–Trinajstić information content (AvgIpc) is 3.47. The highest BCUT2D eigenvalue weighted by molar-refractivity contribution is 7.87. The Kier molecular flexibility index (Phi) is 13.3. The monoisotopic (exact) mass is 741 g/mol. The van der Waals surface area contributed by atoms with Gasteiger partial charge in [-0.3, -0.25) is 9.69 Å². The molecule has 0 atom stereocenters. The summed E-state index contributed by atoms with van der Waals surface area (Å²) in [5.41, 5.74) is 1.63. The zero-order valence-corrected chi connectivity index (χ0v) is 31.3. The first kappa shape index (κ1) is 37.8. The van der Waals surface area contributed by atoms with Crippen molar-refractivity contribution in [3.8, 4) is 27.7 Å². The van der Waals surface area contributed by atoms with Crippen LogP contribution in [0.4, 0.5) is 0 Å². The summed E-state index contributed by atoms with van der Waals surface area (Å²) in [4.78, 5) is 17.3. The lowest BCUT2D eigenvalue weighted by Crippen LogP contribution is -2.33. The first-order valence-corrected chi connectivity index (χ1v) is 21.6. The Hall–Kier alpha value is -3.45. The van der Waals surface area contributed by atoms with Crippen LogP contribution in [-0.4, -0.2) is 65.3 Å². The molecule has 9 nitrogen and oxygen atoms in total.